The van der Waals surface area contributed by atoms with Gasteiger partial charge in [-0.15, -0.1) is 0 Å². The first-order chi connectivity index (χ1) is 38.1. The molecule has 6 aromatic heterocycles. The number of allylic oxidation sites excluding steroid dienone is 2. The quantitative estimate of drug-likeness (QED) is 0.0283. The molecule has 6 N–H and O–H groups in total. The van der Waals surface area contributed by atoms with Gasteiger partial charge >= 0.3 is 11.9 Å². The minimum Gasteiger partial charge on any atom is -0.491 e. The number of aromatic nitrogens is 11. The maximum atomic E-state index is 14.0. The third kappa shape index (κ3) is 12.7. The van der Waals surface area contributed by atoms with E-state index in [0.717, 1.165) is 0 Å². The second kappa shape index (κ2) is 25.2. The van der Waals surface area contributed by atoms with Crippen molar-refractivity contribution in [1.82, 2.24) is 58.7 Å². The summed E-state index contributed by atoms with van der Waals surface area (Å²) in [4.78, 5) is 91.2. The van der Waals surface area contributed by atoms with Crippen molar-refractivity contribution in [3.63, 3.8) is 0 Å². The van der Waals surface area contributed by atoms with Crippen LogP contribution in [0.4, 0.5) is 5.95 Å². The number of esters is 2. The monoisotopic (exact) mass is 1080 g/mol. The van der Waals surface area contributed by atoms with Crippen molar-refractivity contribution in [1.29, 1.82) is 0 Å². The lowest BCUT2D eigenvalue weighted by molar-refractivity contribution is -0.140. The minimum absolute atomic E-state index is 0.0202. The van der Waals surface area contributed by atoms with E-state index in [2.05, 4.69) is 30.7 Å². The first kappa shape index (κ1) is 55.8. The molecule has 0 atom stereocenters. The summed E-state index contributed by atoms with van der Waals surface area (Å²) in [6.45, 7) is 11.6. The lowest BCUT2D eigenvalue weighted by Crippen LogP contribution is -2.25. The van der Waals surface area contributed by atoms with Gasteiger partial charge in [0.2, 0.25) is 23.7 Å². The summed E-state index contributed by atoms with van der Waals surface area (Å²) in [5.74, 6) is -1.91. The molecule has 2 aromatic carbocycles. The number of rotatable bonds is 27. The van der Waals surface area contributed by atoms with Crippen LogP contribution in [0, 0.1) is 13.8 Å². The van der Waals surface area contributed by atoms with Crippen LogP contribution in [0.3, 0.4) is 0 Å². The summed E-state index contributed by atoms with van der Waals surface area (Å²) in [7, 11) is 1.30. The molecule has 25 heteroatoms. The number of hydrogen-bond acceptors (Lipinski definition) is 16. The zero-order valence-electron chi connectivity index (χ0n) is 44.9. The van der Waals surface area contributed by atoms with Crippen molar-refractivity contribution < 1.29 is 47.7 Å². The standard InChI is InChI=1S/C54H63N15O10/c1-7-67-39(17-19-59-67)50-58-31-37-36-27-34(48(55)72)29-42(77-22-13-18-57-44(70)15-12-16-45(71)76-6)46(36)65(51(37)61-50)20-10-11-21-66-47-38(60-54(66)62-52(74)40-25-32(4)63-68(40)8-2)28-35(49(56)73)30-43(47)78-23-14-24-79-53(75)41-26-33(5)64-69(41)9-3/h10-11,17,19,25-31H,7-9,12-16,18,20-24H2,1-6H3,(H2,55,72)(H2,56,73)(H,57,70)(H,60,62,74)/b11-10+. The summed E-state index contributed by atoms with van der Waals surface area (Å²) in [5, 5.41) is 20.2. The van der Waals surface area contributed by atoms with Gasteiger partial charge < -0.3 is 44.9 Å². The third-order valence-corrected chi connectivity index (χ3v) is 12.8. The molecule has 6 heterocycles. The van der Waals surface area contributed by atoms with Crippen LogP contribution in [-0.2, 0) is 51.8 Å². The van der Waals surface area contributed by atoms with E-state index < -0.39 is 23.7 Å². The third-order valence-electron chi connectivity index (χ3n) is 12.8. The van der Waals surface area contributed by atoms with Crippen LogP contribution >= 0.6 is 0 Å². The largest absolute Gasteiger partial charge is 0.491 e. The predicted molar refractivity (Wildman–Crippen MR) is 290 cm³/mol. The number of amides is 4. The maximum Gasteiger partial charge on any atom is 0.356 e. The molecule has 0 aliphatic heterocycles. The van der Waals surface area contributed by atoms with Gasteiger partial charge in [0.15, 0.2) is 5.82 Å². The van der Waals surface area contributed by atoms with E-state index >= 15 is 0 Å². The van der Waals surface area contributed by atoms with Gasteiger partial charge in [-0.25, -0.2) is 19.7 Å². The highest BCUT2D eigenvalue weighted by molar-refractivity contribution is 6.12. The van der Waals surface area contributed by atoms with Gasteiger partial charge in [0, 0.05) is 92.8 Å². The lowest BCUT2D eigenvalue weighted by atomic mass is 10.1. The summed E-state index contributed by atoms with van der Waals surface area (Å²) in [6.07, 6.45) is 8.44. The van der Waals surface area contributed by atoms with Gasteiger partial charge in [0.1, 0.15) is 39.7 Å². The fraction of sp³-hybridized carbons (Fsp3) is 0.370. The summed E-state index contributed by atoms with van der Waals surface area (Å²) < 4.78 is 31.6. The van der Waals surface area contributed by atoms with Crippen molar-refractivity contribution in [3.05, 3.63) is 101 Å². The van der Waals surface area contributed by atoms with E-state index in [1.807, 2.05) is 43.6 Å². The van der Waals surface area contributed by atoms with Crippen molar-refractivity contribution in [2.45, 2.75) is 99.4 Å². The fourth-order valence-corrected chi connectivity index (χ4v) is 9.04. The van der Waals surface area contributed by atoms with Crippen molar-refractivity contribution in [2.75, 3.05) is 38.8 Å². The summed E-state index contributed by atoms with van der Waals surface area (Å²) in [6, 6.07) is 11.4. The number of carbonyl (C=O) groups excluding carboxylic acids is 6. The van der Waals surface area contributed by atoms with Crippen molar-refractivity contribution >= 4 is 74.5 Å². The van der Waals surface area contributed by atoms with Crippen LogP contribution in [0.15, 0.2) is 67.0 Å². The topological polar surface area (TPSA) is 317 Å². The van der Waals surface area contributed by atoms with E-state index in [1.165, 1.54) is 19.2 Å². The number of carbonyl (C=O) groups is 6. The number of primary amides is 2. The molecular weight excluding hydrogens is 1020 g/mol. The number of aryl methyl sites for hydroxylation is 5. The first-order valence-electron chi connectivity index (χ1n) is 25.9. The minimum atomic E-state index is -0.731. The molecule has 8 aromatic rings. The number of nitrogens with one attached hydrogen (secondary N) is 2. The average Bonchev–Trinajstić information content (AvgIpc) is 4.49. The zero-order chi connectivity index (χ0) is 56.3. The Labute approximate surface area is 453 Å². The number of fused-ring (bicyclic) bond motifs is 4. The van der Waals surface area contributed by atoms with E-state index in [1.54, 1.807) is 69.1 Å². The Morgan fingerprint density at radius 1 is 0.696 bits per heavy atom. The number of hydrogen-bond donors (Lipinski definition) is 4. The highest BCUT2D eigenvalue weighted by atomic mass is 16.5. The van der Waals surface area contributed by atoms with E-state index in [4.69, 9.17) is 40.6 Å². The van der Waals surface area contributed by atoms with Crippen LogP contribution in [0.2, 0.25) is 0 Å². The number of ether oxygens (including phenoxy) is 4. The van der Waals surface area contributed by atoms with E-state index in [-0.39, 0.29) is 93.4 Å². The van der Waals surface area contributed by atoms with Crippen LogP contribution in [-0.4, -0.2) is 122 Å². The number of nitrogens with zero attached hydrogens (tertiary/aromatic N) is 11. The van der Waals surface area contributed by atoms with Gasteiger partial charge in [0.25, 0.3) is 5.91 Å². The Morgan fingerprint density at radius 2 is 1.34 bits per heavy atom. The molecule has 0 fully saturated rings. The second-order valence-electron chi connectivity index (χ2n) is 18.3. The Kier molecular flexibility index (Phi) is 17.8. The van der Waals surface area contributed by atoms with Crippen molar-refractivity contribution in [2.24, 2.45) is 11.5 Å². The van der Waals surface area contributed by atoms with Gasteiger partial charge in [-0.3, -0.25) is 43.3 Å². The molecule has 79 heavy (non-hydrogen) atoms. The highest BCUT2D eigenvalue weighted by Crippen LogP contribution is 2.37. The first-order valence-corrected chi connectivity index (χ1v) is 25.9. The van der Waals surface area contributed by atoms with Crippen molar-refractivity contribution in [3.8, 4) is 23.0 Å². The molecule has 0 aliphatic carbocycles. The molecular formula is C54H63N15O10. The molecule has 0 saturated carbocycles. The molecule has 0 radical (unpaired) electrons. The normalized spacial score (nSPS) is 11.5. The molecule has 0 saturated heterocycles. The average molecular weight is 1080 g/mol. The summed E-state index contributed by atoms with van der Waals surface area (Å²) >= 11 is 0. The highest BCUT2D eigenvalue weighted by Gasteiger charge is 2.24. The summed E-state index contributed by atoms with van der Waals surface area (Å²) in [5.41, 5.74) is 16.5. The maximum absolute atomic E-state index is 14.0. The number of nitrogens with two attached hydrogens (primary N) is 2. The Hall–Kier alpha value is -9.42. The van der Waals surface area contributed by atoms with Crippen LogP contribution in [0.25, 0.3) is 44.5 Å². The van der Waals surface area contributed by atoms with Gasteiger partial charge in [-0.2, -0.15) is 15.3 Å². The number of benzene rings is 2. The fourth-order valence-electron chi connectivity index (χ4n) is 9.04. The molecule has 8 rings (SSSR count). The number of anilines is 1. The Morgan fingerprint density at radius 3 is 2.03 bits per heavy atom. The molecule has 0 aliphatic rings. The zero-order valence-corrected chi connectivity index (χ0v) is 44.9. The van der Waals surface area contributed by atoms with Gasteiger partial charge in [-0.1, -0.05) is 12.2 Å². The number of methoxy groups -OCH3 is 1. The SMILES string of the molecule is CCn1nc(C)cc1C(=O)Nc1nc2cc(C(N)=O)cc(OCCCOC(=O)c3cc(C)nn3CC)c2n1C/C=C/Cn1c2nc(-c3ccnn3CC)ncc2c2cc(C(N)=O)cc(OCCCNC(=O)CCCC(=O)OC)c21. The second-order valence-corrected chi connectivity index (χ2v) is 18.3. The number of imidazole rings is 1. The lowest BCUT2D eigenvalue weighted by Gasteiger charge is -2.14. The Balaban J connectivity index is 1.13. The predicted octanol–water partition coefficient (Wildman–Crippen LogP) is 5.43. The molecule has 0 unspecified atom stereocenters. The molecule has 0 bridgehead atoms. The van der Waals surface area contributed by atoms with E-state index in [0.29, 0.717) is 105 Å². The molecule has 0 spiro atoms. The molecule has 25 nitrogen and oxygen atoms in total. The van der Waals surface area contributed by atoms with Gasteiger partial charge in [0.05, 0.1) is 49.4 Å². The van der Waals surface area contributed by atoms with E-state index in [9.17, 15) is 28.8 Å². The van der Waals surface area contributed by atoms with Crippen LogP contribution < -0.4 is 31.6 Å². The van der Waals surface area contributed by atoms with Crippen LogP contribution in [0.5, 0.6) is 11.5 Å². The van der Waals surface area contributed by atoms with Crippen LogP contribution in [0.1, 0.15) is 106 Å². The Bertz CT molecular complexity index is 3620. The van der Waals surface area contributed by atoms with Gasteiger partial charge in [-0.05, 0) is 89.9 Å². The molecule has 414 valence electrons. The smallest absolute Gasteiger partial charge is 0.356 e. The molecule has 4 amide bonds.